The van der Waals surface area contributed by atoms with Crippen molar-refractivity contribution in [2.75, 3.05) is 18.9 Å². The number of aromatic nitrogens is 2. The number of para-hydroxylation sites is 2. The van der Waals surface area contributed by atoms with Crippen molar-refractivity contribution in [2.45, 2.75) is 0 Å². The summed E-state index contributed by atoms with van der Waals surface area (Å²) in [6.07, 6.45) is 3.00. The zero-order valence-corrected chi connectivity index (χ0v) is 9.72. The molecule has 1 aromatic carbocycles. The molecule has 0 radical (unpaired) electrons. The number of ether oxygens (including phenoxy) is 1. The number of carbonyl (C=O) groups excluding carboxylic acids is 1. The number of H-pyrrole nitrogens is 1. The highest BCUT2D eigenvalue weighted by molar-refractivity contribution is 5.93. The molecule has 1 heterocycles. The van der Waals surface area contributed by atoms with Gasteiger partial charge in [-0.05, 0) is 12.1 Å². The van der Waals surface area contributed by atoms with Gasteiger partial charge in [-0.2, -0.15) is 5.10 Å². The smallest absolute Gasteiger partial charge is 0.254 e. The molecule has 4 N–H and O–H groups in total. The number of nitrogen functional groups attached to an aromatic ring is 1. The van der Waals surface area contributed by atoms with Gasteiger partial charge >= 0.3 is 0 Å². The maximum atomic E-state index is 11.5. The summed E-state index contributed by atoms with van der Waals surface area (Å²) in [6.45, 7) is 0.760. The van der Waals surface area contributed by atoms with E-state index in [1.165, 1.54) is 12.4 Å². The van der Waals surface area contributed by atoms with Crippen LogP contribution in [0.4, 0.5) is 5.69 Å². The van der Waals surface area contributed by atoms with Crippen LogP contribution in [0.25, 0.3) is 0 Å². The molecular formula is C12H14N4O2. The first kappa shape index (κ1) is 12.0. The number of amides is 1. The molecule has 2 rings (SSSR count). The summed E-state index contributed by atoms with van der Waals surface area (Å²) < 4.78 is 5.44. The van der Waals surface area contributed by atoms with Crippen molar-refractivity contribution in [3.63, 3.8) is 0 Å². The van der Waals surface area contributed by atoms with E-state index in [2.05, 4.69) is 15.5 Å². The van der Waals surface area contributed by atoms with Crippen molar-refractivity contribution in [2.24, 2.45) is 0 Å². The first-order valence-corrected chi connectivity index (χ1v) is 5.51. The third-order valence-electron chi connectivity index (χ3n) is 2.32. The molecule has 0 spiro atoms. The van der Waals surface area contributed by atoms with E-state index in [0.717, 1.165) is 0 Å². The Hall–Kier alpha value is -2.50. The number of nitrogens with two attached hydrogens (primary N) is 1. The zero-order valence-electron chi connectivity index (χ0n) is 9.72. The molecule has 1 aromatic heterocycles. The van der Waals surface area contributed by atoms with E-state index in [4.69, 9.17) is 10.5 Å². The molecule has 6 heteroatoms. The lowest BCUT2D eigenvalue weighted by atomic mass is 10.3. The molecule has 0 bridgehead atoms. The Kier molecular flexibility index (Phi) is 3.80. The third kappa shape index (κ3) is 3.00. The molecule has 2 aromatic rings. The Morgan fingerprint density at radius 1 is 1.44 bits per heavy atom. The summed E-state index contributed by atoms with van der Waals surface area (Å²) >= 11 is 0. The van der Waals surface area contributed by atoms with Gasteiger partial charge in [-0.3, -0.25) is 9.89 Å². The van der Waals surface area contributed by atoms with Crippen molar-refractivity contribution in [1.82, 2.24) is 15.5 Å². The van der Waals surface area contributed by atoms with E-state index < -0.39 is 0 Å². The molecule has 1 amide bonds. The van der Waals surface area contributed by atoms with Gasteiger partial charge in [0, 0.05) is 6.20 Å². The van der Waals surface area contributed by atoms with Crippen molar-refractivity contribution < 1.29 is 9.53 Å². The summed E-state index contributed by atoms with van der Waals surface area (Å²) in [6, 6.07) is 7.23. The Bertz CT molecular complexity index is 511. The molecule has 0 aliphatic heterocycles. The normalized spacial score (nSPS) is 10.0. The molecule has 6 nitrogen and oxygen atoms in total. The standard InChI is InChI=1S/C12H14N4O2/c13-10-3-1-2-4-11(10)18-6-5-14-12(17)9-7-15-16-8-9/h1-4,7-8H,5-6,13H2,(H,14,17)(H,15,16). The van der Waals surface area contributed by atoms with E-state index in [1.54, 1.807) is 12.1 Å². The lowest BCUT2D eigenvalue weighted by Crippen LogP contribution is -2.27. The van der Waals surface area contributed by atoms with Crippen molar-refractivity contribution in [3.8, 4) is 5.75 Å². The van der Waals surface area contributed by atoms with Gasteiger partial charge in [0.2, 0.25) is 0 Å². The number of aromatic amines is 1. The minimum absolute atomic E-state index is 0.187. The summed E-state index contributed by atoms with van der Waals surface area (Å²) in [5, 5.41) is 8.98. The molecule has 0 unspecified atom stereocenters. The minimum atomic E-state index is -0.187. The van der Waals surface area contributed by atoms with Crippen LogP contribution in [0.15, 0.2) is 36.7 Å². The van der Waals surface area contributed by atoms with Crippen molar-refractivity contribution >= 4 is 11.6 Å². The highest BCUT2D eigenvalue weighted by Gasteiger charge is 2.05. The molecule has 0 saturated carbocycles. The van der Waals surface area contributed by atoms with Gasteiger partial charge in [-0.15, -0.1) is 0 Å². The monoisotopic (exact) mass is 246 g/mol. The number of carbonyl (C=O) groups is 1. The summed E-state index contributed by atoms with van der Waals surface area (Å²) in [5.41, 5.74) is 6.79. The number of hydrogen-bond donors (Lipinski definition) is 3. The highest BCUT2D eigenvalue weighted by atomic mass is 16.5. The van der Waals surface area contributed by atoms with Crippen LogP contribution < -0.4 is 15.8 Å². The number of benzene rings is 1. The van der Waals surface area contributed by atoms with Crippen molar-refractivity contribution in [3.05, 3.63) is 42.2 Å². The van der Waals surface area contributed by atoms with Crippen LogP contribution in [-0.4, -0.2) is 29.3 Å². The average molecular weight is 246 g/mol. The van der Waals surface area contributed by atoms with Gasteiger partial charge in [0.1, 0.15) is 12.4 Å². The van der Waals surface area contributed by atoms with Crippen LogP contribution in [0.2, 0.25) is 0 Å². The van der Waals surface area contributed by atoms with E-state index in [1.807, 2.05) is 12.1 Å². The molecule has 0 saturated heterocycles. The maximum absolute atomic E-state index is 11.5. The first-order valence-electron chi connectivity index (χ1n) is 5.51. The second-order valence-electron chi connectivity index (χ2n) is 3.63. The summed E-state index contributed by atoms with van der Waals surface area (Å²) in [4.78, 5) is 11.5. The quantitative estimate of drug-likeness (QED) is 0.537. The number of nitrogens with zero attached hydrogens (tertiary/aromatic N) is 1. The van der Waals surface area contributed by atoms with Crippen LogP contribution in [0.3, 0.4) is 0 Å². The van der Waals surface area contributed by atoms with Gasteiger partial charge in [-0.25, -0.2) is 0 Å². The van der Waals surface area contributed by atoms with Gasteiger partial charge in [0.15, 0.2) is 0 Å². The van der Waals surface area contributed by atoms with Gasteiger partial charge in [0.25, 0.3) is 5.91 Å². The summed E-state index contributed by atoms with van der Waals surface area (Å²) in [5.74, 6) is 0.434. The van der Waals surface area contributed by atoms with Crippen molar-refractivity contribution in [1.29, 1.82) is 0 Å². The van der Waals surface area contributed by atoms with Crippen LogP contribution in [0.1, 0.15) is 10.4 Å². The second kappa shape index (κ2) is 5.72. The van der Waals surface area contributed by atoms with E-state index in [-0.39, 0.29) is 5.91 Å². The van der Waals surface area contributed by atoms with E-state index >= 15 is 0 Å². The Morgan fingerprint density at radius 3 is 3.00 bits per heavy atom. The topological polar surface area (TPSA) is 93.0 Å². The molecule has 0 aliphatic rings. The number of rotatable bonds is 5. The van der Waals surface area contributed by atoms with E-state index in [0.29, 0.717) is 30.2 Å². The number of nitrogens with one attached hydrogen (secondary N) is 2. The van der Waals surface area contributed by atoms with E-state index in [9.17, 15) is 4.79 Å². The first-order chi connectivity index (χ1) is 8.77. The predicted octanol–water partition coefficient (Wildman–Crippen LogP) is 0.801. The fourth-order valence-corrected chi connectivity index (χ4v) is 1.41. The zero-order chi connectivity index (χ0) is 12.8. The van der Waals surface area contributed by atoms with Crippen LogP contribution in [0, 0.1) is 0 Å². The highest BCUT2D eigenvalue weighted by Crippen LogP contribution is 2.19. The molecule has 18 heavy (non-hydrogen) atoms. The SMILES string of the molecule is Nc1ccccc1OCCNC(=O)c1cn[nH]c1. The number of hydrogen-bond acceptors (Lipinski definition) is 4. The molecule has 94 valence electrons. The lowest BCUT2D eigenvalue weighted by Gasteiger charge is -2.08. The molecular weight excluding hydrogens is 232 g/mol. The fraction of sp³-hybridized carbons (Fsp3) is 0.167. The van der Waals surface area contributed by atoms with Crippen LogP contribution >= 0.6 is 0 Å². The lowest BCUT2D eigenvalue weighted by molar-refractivity contribution is 0.0947. The third-order valence-corrected chi connectivity index (χ3v) is 2.32. The maximum Gasteiger partial charge on any atom is 0.254 e. The Labute approximate surface area is 104 Å². The minimum Gasteiger partial charge on any atom is -0.490 e. The van der Waals surface area contributed by atoms with Crippen LogP contribution in [0.5, 0.6) is 5.75 Å². The summed E-state index contributed by atoms with van der Waals surface area (Å²) in [7, 11) is 0. The van der Waals surface area contributed by atoms with Crippen LogP contribution in [-0.2, 0) is 0 Å². The van der Waals surface area contributed by atoms with Gasteiger partial charge in [-0.1, -0.05) is 12.1 Å². The number of anilines is 1. The molecule has 0 fully saturated rings. The molecule has 0 aliphatic carbocycles. The Morgan fingerprint density at radius 2 is 2.28 bits per heavy atom. The second-order valence-corrected chi connectivity index (χ2v) is 3.63. The Balaban J connectivity index is 1.74. The van der Waals surface area contributed by atoms with Gasteiger partial charge < -0.3 is 15.8 Å². The molecule has 0 atom stereocenters. The largest absolute Gasteiger partial charge is 0.490 e. The van der Waals surface area contributed by atoms with Gasteiger partial charge in [0.05, 0.1) is 24.0 Å². The predicted molar refractivity (Wildman–Crippen MR) is 67.3 cm³/mol. The average Bonchev–Trinajstić information content (AvgIpc) is 2.90. The fourth-order valence-electron chi connectivity index (χ4n) is 1.41.